The van der Waals surface area contributed by atoms with Crippen LogP contribution in [-0.2, 0) is 6.61 Å². The predicted molar refractivity (Wildman–Crippen MR) is 148 cm³/mol. The summed E-state index contributed by atoms with van der Waals surface area (Å²) in [7, 11) is 0. The summed E-state index contributed by atoms with van der Waals surface area (Å²) in [5, 5.41) is 15.2. The van der Waals surface area contributed by atoms with E-state index in [1.165, 1.54) is 0 Å². The maximum Gasteiger partial charge on any atom is 0.321 e. The minimum Gasteiger partial charge on any atom is -0.392 e. The molecule has 192 valence electrons. The summed E-state index contributed by atoms with van der Waals surface area (Å²) in [5.41, 5.74) is 11.5. The zero-order valence-corrected chi connectivity index (χ0v) is 20.8. The molecule has 2 heterocycles. The normalized spacial score (nSPS) is 14.8. The molecule has 8 nitrogen and oxygen atoms in total. The summed E-state index contributed by atoms with van der Waals surface area (Å²) in [6, 6.07) is 26.4. The number of aliphatic hydroxyl groups is 1. The van der Waals surface area contributed by atoms with Crippen LogP contribution in [0, 0.1) is 0 Å². The first-order valence-corrected chi connectivity index (χ1v) is 12.5. The fourth-order valence-corrected chi connectivity index (χ4v) is 4.55. The van der Waals surface area contributed by atoms with Crippen molar-refractivity contribution in [1.82, 2.24) is 15.2 Å². The fraction of sp³-hybridized carbons (Fsp3) is 0.167. The molecule has 5 rings (SSSR count). The fourth-order valence-electron chi connectivity index (χ4n) is 4.55. The van der Waals surface area contributed by atoms with Gasteiger partial charge in [0.2, 0.25) is 0 Å². The lowest BCUT2D eigenvalue weighted by molar-refractivity contribution is 0.0938. The molecule has 4 aromatic rings. The lowest BCUT2D eigenvalue weighted by Gasteiger charge is -2.18. The van der Waals surface area contributed by atoms with E-state index in [1.54, 1.807) is 17.2 Å². The molecule has 0 spiro atoms. The van der Waals surface area contributed by atoms with Gasteiger partial charge in [-0.05, 0) is 46.9 Å². The minimum atomic E-state index is -0.327. The van der Waals surface area contributed by atoms with Crippen LogP contribution in [-0.4, -0.2) is 46.1 Å². The molecule has 5 N–H and O–H groups in total. The molecular weight excluding hydrogens is 478 g/mol. The van der Waals surface area contributed by atoms with Gasteiger partial charge in [0.25, 0.3) is 5.91 Å². The Bertz CT molecular complexity index is 1440. The summed E-state index contributed by atoms with van der Waals surface area (Å²) >= 11 is 0. The Balaban J connectivity index is 1.20. The van der Waals surface area contributed by atoms with Gasteiger partial charge in [0.1, 0.15) is 5.82 Å². The average molecular weight is 508 g/mol. The molecule has 1 fully saturated rings. The standard InChI is InChI=1S/C30H29N5O3/c31-28-27(16-24(17-32-28)22-11-9-20(19-36)10-12-22)29(37)33-26-13-14-35(18-26)30(38)34-25-8-4-7-23(15-25)21-5-2-1-3-6-21/h1-12,15-17,26,36H,13-14,18-19H2,(H2,31,32)(H,33,37)(H,34,38). The molecule has 1 atom stereocenters. The summed E-state index contributed by atoms with van der Waals surface area (Å²) in [4.78, 5) is 31.9. The van der Waals surface area contributed by atoms with Gasteiger partial charge < -0.3 is 26.4 Å². The maximum atomic E-state index is 13.1. The van der Waals surface area contributed by atoms with Crippen LogP contribution in [0.15, 0.2) is 91.1 Å². The van der Waals surface area contributed by atoms with Crippen LogP contribution in [0.2, 0.25) is 0 Å². The number of aliphatic hydroxyl groups excluding tert-OH is 1. The van der Waals surface area contributed by atoms with E-state index in [0.717, 1.165) is 27.8 Å². The third kappa shape index (κ3) is 5.66. The first-order valence-electron chi connectivity index (χ1n) is 12.5. The van der Waals surface area contributed by atoms with Gasteiger partial charge in [0.05, 0.1) is 12.2 Å². The van der Waals surface area contributed by atoms with Crippen LogP contribution < -0.4 is 16.4 Å². The zero-order chi connectivity index (χ0) is 26.5. The van der Waals surface area contributed by atoms with Crippen LogP contribution in [0.5, 0.6) is 0 Å². The number of aromatic nitrogens is 1. The molecule has 1 unspecified atom stereocenters. The van der Waals surface area contributed by atoms with Crippen molar-refractivity contribution in [1.29, 1.82) is 0 Å². The number of hydrogen-bond donors (Lipinski definition) is 4. The van der Waals surface area contributed by atoms with E-state index in [1.807, 2.05) is 78.9 Å². The largest absolute Gasteiger partial charge is 0.392 e. The number of pyridine rings is 1. The number of amides is 3. The van der Waals surface area contributed by atoms with E-state index >= 15 is 0 Å². The molecule has 3 amide bonds. The highest BCUT2D eigenvalue weighted by molar-refractivity contribution is 5.99. The number of nitrogens with two attached hydrogens (primary N) is 1. The third-order valence-electron chi connectivity index (χ3n) is 6.66. The van der Waals surface area contributed by atoms with Gasteiger partial charge in [0, 0.05) is 36.6 Å². The topological polar surface area (TPSA) is 121 Å². The second-order valence-electron chi connectivity index (χ2n) is 9.29. The molecule has 8 heteroatoms. The van der Waals surface area contributed by atoms with Gasteiger partial charge in [-0.1, -0.05) is 66.7 Å². The number of carbonyl (C=O) groups excluding carboxylic acids is 2. The number of hydrogen-bond acceptors (Lipinski definition) is 5. The Morgan fingerprint density at radius 3 is 2.42 bits per heavy atom. The molecule has 3 aromatic carbocycles. The Morgan fingerprint density at radius 2 is 1.66 bits per heavy atom. The number of nitrogens with zero attached hydrogens (tertiary/aromatic N) is 2. The maximum absolute atomic E-state index is 13.1. The van der Waals surface area contributed by atoms with E-state index in [4.69, 9.17) is 5.73 Å². The molecule has 0 bridgehead atoms. The van der Waals surface area contributed by atoms with Crippen LogP contribution in [0.1, 0.15) is 22.3 Å². The summed E-state index contributed by atoms with van der Waals surface area (Å²) in [6.07, 6.45) is 2.26. The Kier molecular flexibility index (Phi) is 7.33. The summed E-state index contributed by atoms with van der Waals surface area (Å²) in [6.45, 7) is 0.885. The number of benzene rings is 3. The smallest absolute Gasteiger partial charge is 0.321 e. The third-order valence-corrected chi connectivity index (χ3v) is 6.66. The van der Waals surface area contributed by atoms with Gasteiger partial charge in [-0.15, -0.1) is 0 Å². The lowest BCUT2D eigenvalue weighted by atomic mass is 10.0. The second kappa shape index (κ2) is 11.1. The number of carbonyl (C=O) groups is 2. The number of nitrogen functional groups attached to an aromatic ring is 1. The van der Waals surface area contributed by atoms with Crippen molar-refractivity contribution in [3.63, 3.8) is 0 Å². The molecule has 38 heavy (non-hydrogen) atoms. The molecule has 0 aliphatic carbocycles. The van der Waals surface area contributed by atoms with Gasteiger partial charge in [0.15, 0.2) is 0 Å². The van der Waals surface area contributed by atoms with E-state index in [0.29, 0.717) is 25.2 Å². The number of anilines is 2. The van der Waals surface area contributed by atoms with Crippen molar-refractivity contribution in [3.8, 4) is 22.3 Å². The SMILES string of the molecule is Nc1ncc(-c2ccc(CO)cc2)cc1C(=O)NC1CCN(C(=O)Nc2cccc(-c3ccccc3)c2)C1. The Morgan fingerprint density at radius 1 is 0.921 bits per heavy atom. The van der Waals surface area contributed by atoms with Gasteiger partial charge in [-0.3, -0.25) is 4.79 Å². The van der Waals surface area contributed by atoms with Crippen molar-refractivity contribution in [3.05, 3.63) is 102 Å². The van der Waals surface area contributed by atoms with Gasteiger partial charge in [-0.2, -0.15) is 0 Å². The van der Waals surface area contributed by atoms with Gasteiger partial charge >= 0.3 is 6.03 Å². The van der Waals surface area contributed by atoms with Crippen LogP contribution in [0.25, 0.3) is 22.3 Å². The Labute approximate surface area is 221 Å². The highest BCUT2D eigenvalue weighted by atomic mass is 16.3. The first-order chi connectivity index (χ1) is 18.5. The second-order valence-corrected chi connectivity index (χ2v) is 9.29. The Hall–Kier alpha value is -4.69. The van der Waals surface area contributed by atoms with Gasteiger partial charge in [-0.25, -0.2) is 9.78 Å². The number of rotatable bonds is 6. The minimum absolute atomic E-state index is 0.0373. The monoisotopic (exact) mass is 507 g/mol. The zero-order valence-electron chi connectivity index (χ0n) is 20.8. The summed E-state index contributed by atoms with van der Waals surface area (Å²) < 4.78 is 0. The first kappa shape index (κ1) is 25.0. The molecule has 0 radical (unpaired) electrons. The van der Waals surface area contributed by atoms with E-state index in [-0.39, 0.29) is 36.0 Å². The van der Waals surface area contributed by atoms with Crippen LogP contribution in [0.3, 0.4) is 0 Å². The molecular formula is C30H29N5O3. The molecule has 1 aliphatic heterocycles. The van der Waals surface area contributed by atoms with Crippen LogP contribution >= 0.6 is 0 Å². The highest BCUT2D eigenvalue weighted by Gasteiger charge is 2.28. The molecule has 1 aromatic heterocycles. The lowest BCUT2D eigenvalue weighted by Crippen LogP contribution is -2.40. The van der Waals surface area contributed by atoms with E-state index in [2.05, 4.69) is 15.6 Å². The van der Waals surface area contributed by atoms with Crippen LogP contribution in [0.4, 0.5) is 16.3 Å². The average Bonchev–Trinajstić information content (AvgIpc) is 3.42. The van der Waals surface area contributed by atoms with E-state index in [9.17, 15) is 14.7 Å². The predicted octanol–water partition coefficient (Wildman–Crippen LogP) is 4.53. The van der Waals surface area contributed by atoms with Crippen molar-refractivity contribution in [2.24, 2.45) is 0 Å². The van der Waals surface area contributed by atoms with Crippen molar-refractivity contribution in [2.75, 3.05) is 24.1 Å². The quantitative estimate of drug-likeness (QED) is 0.306. The molecule has 0 saturated carbocycles. The molecule has 1 aliphatic rings. The van der Waals surface area contributed by atoms with Crippen molar-refractivity contribution >= 4 is 23.4 Å². The summed E-state index contributed by atoms with van der Waals surface area (Å²) in [5.74, 6) is -0.184. The molecule has 1 saturated heterocycles. The number of likely N-dealkylation sites (tertiary alicyclic amines) is 1. The highest BCUT2D eigenvalue weighted by Crippen LogP contribution is 2.24. The van der Waals surface area contributed by atoms with Crippen molar-refractivity contribution < 1.29 is 14.7 Å². The van der Waals surface area contributed by atoms with Crippen molar-refractivity contribution in [2.45, 2.75) is 19.1 Å². The van der Waals surface area contributed by atoms with E-state index < -0.39 is 0 Å². The number of nitrogens with one attached hydrogen (secondary N) is 2. The number of urea groups is 1.